The largest absolute Gasteiger partial charge is 0.497 e. The van der Waals surface area contributed by atoms with Crippen LogP contribution in [0.3, 0.4) is 0 Å². The van der Waals surface area contributed by atoms with Crippen LogP contribution in [0.1, 0.15) is 27.0 Å². The summed E-state index contributed by atoms with van der Waals surface area (Å²) in [5.74, 6) is 0.267. The number of aliphatic imine (C=N–C) groups is 1. The molecular formula is C26H23N3O3S. The molecule has 0 atom stereocenters. The van der Waals surface area contributed by atoms with Crippen molar-refractivity contribution in [2.75, 3.05) is 12.4 Å². The molecule has 7 heteroatoms. The first-order chi connectivity index (χ1) is 15.9. The number of carbonyl (C=O) groups is 2. The van der Waals surface area contributed by atoms with Gasteiger partial charge in [-0.3, -0.25) is 9.59 Å². The zero-order valence-electron chi connectivity index (χ0n) is 18.5. The second-order valence-electron chi connectivity index (χ2n) is 7.58. The molecule has 2 N–H and O–H groups in total. The summed E-state index contributed by atoms with van der Waals surface area (Å²) in [6, 6.07) is 20.3. The molecular weight excluding hydrogens is 434 g/mol. The van der Waals surface area contributed by atoms with Crippen LogP contribution in [0.4, 0.5) is 11.4 Å². The summed E-state index contributed by atoms with van der Waals surface area (Å²) in [5.41, 5.74) is 4.95. The maximum absolute atomic E-state index is 12.5. The summed E-state index contributed by atoms with van der Waals surface area (Å²) in [6.45, 7) is 4.00. The number of carbonyl (C=O) groups excluding carboxylic acids is 2. The van der Waals surface area contributed by atoms with Gasteiger partial charge in [-0.2, -0.15) is 0 Å². The molecule has 1 heterocycles. The molecule has 6 nitrogen and oxygen atoms in total. The first-order valence-corrected chi connectivity index (χ1v) is 11.2. The minimum absolute atomic E-state index is 0.197. The Labute approximate surface area is 196 Å². The Kier molecular flexibility index (Phi) is 6.60. The molecule has 0 saturated carbocycles. The number of hydrogen-bond donors (Lipinski definition) is 2. The van der Waals surface area contributed by atoms with Crippen LogP contribution >= 0.6 is 11.8 Å². The van der Waals surface area contributed by atoms with E-state index in [9.17, 15) is 9.59 Å². The number of methoxy groups -OCH3 is 1. The molecule has 0 radical (unpaired) electrons. The summed E-state index contributed by atoms with van der Waals surface area (Å²) in [6.07, 6.45) is 1.79. The van der Waals surface area contributed by atoms with Gasteiger partial charge in [0.1, 0.15) is 5.75 Å². The topological polar surface area (TPSA) is 79.8 Å². The van der Waals surface area contributed by atoms with Gasteiger partial charge in [0, 0.05) is 11.3 Å². The number of anilines is 1. The number of nitrogens with one attached hydrogen (secondary N) is 2. The third-order valence-electron chi connectivity index (χ3n) is 5.03. The highest BCUT2D eigenvalue weighted by atomic mass is 32.2. The molecule has 4 rings (SSSR count). The lowest BCUT2D eigenvalue weighted by Gasteiger charge is -2.07. The smallest absolute Gasteiger partial charge is 0.264 e. The average Bonchev–Trinajstić information content (AvgIpc) is 3.15. The summed E-state index contributed by atoms with van der Waals surface area (Å²) in [4.78, 5) is 30.2. The minimum atomic E-state index is -0.224. The lowest BCUT2D eigenvalue weighted by atomic mass is 10.1. The second-order valence-corrected chi connectivity index (χ2v) is 8.61. The maximum atomic E-state index is 12.5. The van der Waals surface area contributed by atoms with E-state index in [-0.39, 0.29) is 11.8 Å². The fourth-order valence-electron chi connectivity index (χ4n) is 3.23. The van der Waals surface area contributed by atoms with E-state index < -0.39 is 0 Å². The predicted octanol–water partition coefficient (Wildman–Crippen LogP) is 5.46. The Morgan fingerprint density at radius 2 is 1.85 bits per heavy atom. The molecule has 33 heavy (non-hydrogen) atoms. The van der Waals surface area contributed by atoms with E-state index in [1.165, 1.54) is 11.8 Å². The van der Waals surface area contributed by atoms with Crippen LogP contribution in [0.2, 0.25) is 0 Å². The van der Waals surface area contributed by atoms with Crippen LogP contribution in [-0.4, -0.2) is 24.1 Å². The van der Waals surface area contributed by atoms with E-state index in [2.05, 4.69) is 15.6 Å². The molecule has 1 fully saturated rings. The van der Waals surface area contributed by atoms with Gasteiger partial charge in [-0.25, -0.2) is 4.99 Å². The van der Waals surface area contributed by atoms with Gasteiger partial charge in [0.05, 0.1) is 17.7 Å². The van der Waals surface area contributed by atoms with Crippen molar-refractivity contribution < 1.29 is 14.3 Å². The molecule has 1 saturated heterocycles. The minimum Gasteiger partial charge on any atom is -0.497 e. The number of hydrogen-bond acceptors (Lipinski definition) is 5. The number of amides is 2. The highest BCUT2D eigenvalue weighted by Gasteiger charge is 2.24. The van der Waals surface area contributed by atoms with Gasteiger partial charge >= 0.3 is 0 Å². The van der Waals surface area contributed by atoms with Gasteiger partial charge in [-0.05, 0) is 90.8 Å². The van der Waals surface area contributed by atoms with Crippen LogP contribution < -0.4 is 15.4 Å². The maximum Gasteiger partial charge on any atom is 0.264 e. The van der Waals surface area contributed by atoms with Crippen molar-refractivity contribution in [3.05, 3.63) is 93.9 Å². The zero-order chi connectivity index (χ0) is 23.4. The summed E-state index contributed by atoms with van der Waals surface area (Å²) >= 11 is 1.29. The van der Waals surface area contributed by atoms with E-state index in [1.54, 1.807) is 43.5 Å². The second kappa shape index (κ2) is 9.75. The normalized spacial score (nSPS) is 15.5. The fourth-order valence-corrected chi connectivity index (χ4v) is 4.07. The third kappa shape index (κ3) is 5.51. The summed E-state index contributed by atoms with van der Waals surface area (Å²) < 4.78 is 5.13. The van der Waals surface area contributed by atoms with E-state index in [1.807, 2.05) is 50.2 Å². The quantitative estimate of drug-likeness (QED) is 0.499. The SMILES string of the molecule is COc1ccc(C(=O)Nc2cccc(/C=C3/SC(=Nc4cc(C)ccc4C)NC3=O)c2)cc1. The molecule has 2 amide bonds. The standard InChI is InChI=1S/C26H23N3O3S/c1-16-7-8-17(2)22(13-16)28-26-29-25(31)23(33-26)15-18-5-4-6-20(14-18)27-24(30)19-9-11-21(32-3)12-10-19/h4-15H,1-3H3,(H,27,30)(H,28,29,31)/b23-15+. The van der Waals surface area contributed by atoms with E-state index in [0.717, 1.165) is 22.4 Å². The van der Waals surface area contributed by atoms with Crippen molar-refractivity contribution >= 4 is 46.2 Å². The summed E-state index contributed by atoms with van der Waals surface area (Å²) in [5, 5.41) is 6.25. The molecule has 0 spiro atoms. The Morgan fingerprint density at radius 3 is 2.61 bits per heavy atom. The Bertz CT molecular complexity index is 1280. The van der Waals surface area contributed by atoms with Crippen LogP contribution in [0.25, 0.3) is 6.08 Å². The number of aryl methyl sites for hydroxylation is 2. The molecule has 0 unspecified atom stereocenters. The van der Waals surface area contributed by atoms with Crippen molar-refractivity contribution in [1.82, 2.24) is 5.32 Å². The van der Waals surface area contributed by atoms with Crippen LogP contribution in [-0.2, 0) is 4.79 Å². The first kappa shape index (κ1) is 22.4. The Morgan fingerprint density at radius 1 is 1.06 bits per heavy atom. The van der Waals surface area contributed by atoms with E-state index >= 15 is 0 Å². The first-order valence-electron chi connectivity index (χ1n) is 10.3. The number of rotatable bonds is 5. The van der Waals surface area contributed by atoms with Gasteiger partial charge in [0.15, 0.2) is 5.17 Å². The number of thioether (sulfide) groups is 1. The van der Waals surface area contributed by atoms with E-state index in [0.29, 0.717) is 27.1 Å². The molecule has 1 aliphatic heterocycles. The predicted molar refractivity (Wildman–Crippen MR) is 134 cm³/mol. The van der Waals surface area contributed by atoms with Crippen molar-refractivity contribution in [3.63, 3.8) is 0 Å². The Balaban J connectivity index is 1.49. The van der Waals surface area contributed by atoms with Crippen molar-refractivity contribution in [1.29, 1.82) is 0 Å². The van der Waals surface area contributed by atoms with Crippen LogP contribution in [0, 0.1) is 13.8 Å². The fraction of sp³-hybridized carbons (Fsp3) is 0.115. The number of benzene rings is 3. The molecule has 0 bridgehead atoms. The van der Waals surface area contributed by atoms with Gasteiger partial charge < -0.3 is 15.4 Å². The van der Waals surface area contributed by atoms with Gasteiger partial charge in [0.25, 0.3) is 11.8 Å². The van der Waals surface area contributed by atoms with Crippen molar-refractivity contribution in [3.8, 4) is 5.75 Å². The lowest BCUT2D eigenvalue weighted by Crippen LogP contribution is -2.19. The van der Waals surface area contributed by atoms with Crippen LogP contribution in [0.5, 0.6) is 5.75 Å². The number of nitrogens with zero attached hydrogens (tertiary/aromatic N) is 1. The molecule has 3 aromatic carbocycles. The van der Waals surface area contributed by atoms with Gasteiger partial charge in [-0.1, -0.05) is 24.3 Å². The summed E-state index contributed by atoms with van der Waals surface area (Å²) in [7, 11) is 1.58. The number of amidine groups is 1. The average molecular weight is 458 g/mol. The molecule has 0 aromatic heterocycles. The third-order valence-corrected chi connectivity index (χ3v) is 5.94. The zero-order valence-corrected chi connectivity index (χ0v) is 19.3. The van der Waals surface area contributed by atoms with Gasteiger partial charge in [0.2, 0.25) is 0 Å². The van der Waals surface area contributed by atoms with Gasteiger partial charge in [-0.15, -0.1) is 0 Å². The molecule has 0 aliphatic carbocycles. The van der Waals surface area contributed by atoms with E-state index in [4.69, 9.17) is 4.74 Å². The Hall–Kier alpha value is -3.84. The highest BCUT2D eigenvalue weighted by Crippen LogP contribution is 2.30. The molecule has 1 aliphatic rings. The van der Waals surface area contributed by atoms with Crippen molar-refractivity contribution in [2.24, 2.45) is 4.99 Å². The number of ether oxygens (including phenoxy) is 1. The monoisotopic (exact) mass is 457 g/mol. The molecule has 166 valence electrons. The lowest BCUT2D eigenvalue weighted by molar-refractivity contribution is -0.115. The highest BCUT2D eigenvalue weighted by molar-refractivity contribution is 8.18. The van der Waals surface area contributed by atoms with Crippen molar-refractivity contribution in [2.45, 2.75) is 13.8 Å². The van der Waals surface area contributed by atoms with Crippen LogP contribution in [0.15, 0.2) is 76.6 Å². The molecule has 3 aromatic rings.